The number of rotatable bonds is 7. The molecule has 162 valence electrons. The lowest BCUT2D eigenvalue weighted by Gasteiger charge is -2.37. The topological polar surface area (TPSA) is 49.4 Å². The van der Waals surface area contributed by atoms with Crippen molar-refractivity contribution in [2.45, 2.75) is 5.54 Å². The van der Waals surface area contributed by atoms with Crippen LogP contribution in [-0.4, -0.2) is 29.7 Å². The van der Waals surface area contributed by atoms with E-state index in [1.807, 2.05) is 91.0 Å². The first-order valence-electron chi connectivity index (χ1n) is 12.6. The van der Waals surface area contributed by atoms with Crippen molar-refractivity contribution in [2.75, 3.05) is 13.0 Å². The van der Waals surface area contributed by atoms with Crippen molar-refractivity contribution in [3.63, 3.8) is 0 Å². The maximum atomic E-state index is 13.1. The Labute approximate surface area is 199 Å². The number of benzene rings is 4. The van der Waals surface area contributed by atoms with E-state index in [0.717, 1.165) is 0 Å². The van der Waals surface area contributed by atoms with E-state index in [0.29, 0.717) is 21.6 Å². The van der Waals surface area contributed by atoms with Crippen molar-refractivity contribution < 1.29 is 15.1 Å². The van der Waals surface area contributed by atoms with E-state index in [4.69, 9.17) is 5.48 Å². The van der Waals surface area contributed by atoms with E-state index >= 15 is 0 Å². The van der Waals surface area contributed by atoms with Gasteiger partial charge in [-0.05, 0) is 28.8 Å². The zero-order chi connectivity index (χ0) is 26.3. The molecule has 0 unspecified atom stereocenters. The average molecular weight is 437 g/mol. The first kappa shape index (κ1) is 16.6. The van der Waals surface area contributed by atoms with Gasteiger partial charge in [0, 0.05) is 15.7 Å². The molecular weight excluding hydrogens is 408 g/mol. The summed E-state index contributed by atoms with van der Waals surface area (Å²) >= 11 is 0. The zero-order valence-electron chi connectivity index (χ0n) is 21.7. The molecule has 0 aliphatic carbocycles. The molecule has 1 aliphatic heterocycles. The first-order valence-corrected chi connectivity index (χ1v) is 10.6. The molecule has 0 spiro atoms. The molecule has 5 rings (SSSR count). The lowest BCUT2D eigenvalue weighted by Crippen LogP contribution is -2.48. The van der Waals surface area contributed by atoms with Gasteiger partial charge in [0.05, 0.1) is 19.4 Å². The fourth-order valence-electron chi connectivity index (χ4n) is 4.25. The Bertz CT molecular complexity index is 1310. The predicted octanol–water partition coefficient (Wildman–Crippen LogP) is 4.86. The van der Waals surface area contributed by atoms with E-state index in [1.165, 1.54) is 12.1 Å². The summed E-state index contributed by atoms with van der Waals surface area (Å²) in [7, 11) is 0. The van der Waals surface area contributed by atoms with Gasteiger partial charge >= 0.3 is 0 Å². The molecule has 1 N–H and O–H groups in total. The molecule has 0 aromatic heterocycles. The number of carbonyl (C=O) groups is 2. The van der Waals surface area contributed by atoms with Crippen molar-refractivity contribution in [1.82, 2.24) is 10.2 Å². The van der Waals surface area contributed by atoms with Gasteiger partial charge in [-0.2, -0.15) is 0 Å². The van der Waals surface area contributed by atoms with Crippen molar-refractivity contribution in [3.8, 4) is 0 Å². The van der Waals surface area contributed by atoms with Crippen molar-refractivity contribution >= 4 is 11.8 Å². The Hall–Kier alpha value is -4.02. The van der Waals surface area contributed by atoms with Crippen LogP contribution in [0, 0.1) is 0 Å². The van der Waals surface area contributed by atoms with Crippen LogP contribution < -0.4 is 5.32 Å². The van der Waals surface area contributed by atoms with E-state index in [-0.39, 0.29) is 11.1 Å². The van der Waals surface area contributed by atoms with Gasteiger partial charge < -0.3 is 0 Å². The SMILES string of the molecule is [2H]C([2H])(NC(c1ccccc1)(c1ccccc1)c1ccccc1)C([2H])([2H])N1C(=O)c2ccccc2C1=O. The highest BCUT2D eigenvalue weighted by Crippen LogP contribution is 2.36. The van der Waals surface area contributed by atoms with Crippen LogP contribution in [0.1, 0.15) is 42.9 Å². The normalized spacial score (nSPS) is 15.9. The van der Waals surface area contributed by atoms with Gasteiger partial charge in [-0.25, -0.2) is 0 Å². The molecule has 0 saturated carbocycles. The van der Waals surface area contributed by atoms with E-state index < -0.39 is 30.3 Å². The summed E-state index contributed by atoms with van der Waals surface area (Å²) in [6.07, 6.45) is 0. The summed E-state index contributed by atoms with van der Waals surface area (Å²) in [5, 5.41) is 2.95. The molecule has 33 heavy (non-hydrogen) atoms. The third kappa shape index (κ3) is 3.65. The van der Waals surface area contributed by atoms with Crippen LogP contribution in [0.4, 0.5) is 0 Å². The number of hydrogen-bond acceptors (Lipinski definition) is 3. The molecule has 0 radical (unpaired) electrons. The highest BCUT2D eigenvalue weighted by atomic mass is 16.2. The summed E-state index contributed by atoms with van der Waals surface area (Å²) in [6, 6.07) is 33.5. The highest BCUT2D eigenvalue weighted by molar-refractivity contribution is 6.21. The summed E-state index contributed by atoms with van der Waals surface area (Å²) < 4.78 is 35.7. The second-order valence-electron chi connectivity index (χ2n) is 7.70. The summed E-state index contributed by atoms with van der Waals surface area (Å²) in [6.45, 7) is -5.95. The quantitative estimate of drug-likeness (QED) is 0.332. The number of hydrogen-bond donors (Lipinski definition) is 1. The molecule has 0 bridgehead atoms. The molecule has 4 aromatic carbocycles. The van der Waals surface area contributed by atoms with Crippen LogP contribution in [0.25, 0.3) is 0 Å². The minimum Gasteiger partial charge on any atom is -0.298 e. The maximum Gasteiger partial charge on any atom is 0.261 e. The Morgan fingerprint density at radius 3 is 1.36 bits per heavy atom. The minimum atomic E-state index is -3.05. The van der Waals surface area contributed by atoms with Crippen molar-refractivity contribution in [2.24, 2.45) is 0 Å². The molecular formula is C29H24N2O2. The van der Waals surface area contributed by atoms with Crippen LogP contribution in [0.3, 0.4) is 0 Å². The molecule has 0 saturated heterocycles. The molecule has 0 atom stereocenters. The lowest BCUT2D eigenvalue weighted by atomic mass is 9.77. The van der Waals surface area contributed by atoms with Crippen LogP contribution >= 0.6 is 0 Å². The van der Waals surface area contributed by atoms with Gasteiger partial charge in [-0.3, -0.25) is 19.8 Å². The molecule has 0 fully saturated rings. The number of nitrogens with one attached hydrogen (secondary N) is 1. The Kier molecular flexibility index (Phi) is 4.45. The van der Waals surface area contributed by atoms with Gasteiger partial charge in [-0.1, -0.05) is 103 Å². The fourth-order valence-corrected chi connectivity index (χ4v) is 4.25. The number of amides is 2. The maximum absolute atomic E-state index is 13.1. The Balaban J connectivity index is 1.68. The van der Waals surface area contributed by atoms with Gasteiger partial charge in [0.1, 0.15) is 0 Å². The van der Waals surface area contributed by atoms with Gasteiger partial charge in [-0.15, -0.1) is 0 Å². The second kappa shape index (κ2) is 8.85. The molecule has 1 heterocycles. The average Bonchev–Trinajstić information content (AvgIpc) is 3.19. The van der Waals surface area contributed by atoms with Crippen LogP contribution in [0.15, 0.2) is 115 Å². The molecule has 2 amide bonds. The van der Waals surface area contributed by atoms with E-state index in [9.17, 15) is 9.59 Å². The molecule has 4 nitrogen and oxygen atoms in total. The first-order chi connectivity index (χ1) is 17.7. The molecule has 1 aliphatic rings. The number of imide groups is 1. The monoisotopic (exact) mass is 436 g/mol. The summed E-state index contributed by atoms with van der Waals surface area (Å²) in [5.74, 6) is -1.75. The van der Waals surface area contributed by atoms with Crippen LogP contribution in [0.2, 0.25) is 0 Å². The Morgan fingerprint density at radius 2 is 0.970 bits per heavy atom. The van der Waals surface area contributed by atoms with Crippen LogP contribution in [0.5, 0.6) is 0 Å². The lowest BCUT2D eigenvalue weighted by molar-refractivity contribution is 0.0653. The number of fused-ring (bicyclic) bond motifs is 1. The summed E-state index contributed by atoms with van der Waals surface area (Å²) in [4.78, 5) is 26.7. The van der Waals surface area contributed by atoms with E-state index in [1.54, 1.807) is 12.1 Å². The van der Waals surface area contributed by atoms with Crippen LogP contribution in [-0.2, 0) is 5.54 Å². The standard InChI is InChI=1S/C29H24N2O2/c32-27-25-18-10-11-19-26(25)28(33)31(27)21-20-30-29(22-12-4-1-5-13-22,23-14-6-2-7-15-23)24-16-8-3-9-17-24/h1-19,30H,20-21H2/i20D2,21D2. The van der Waals surface area contributed by atoms with Crippen molar-refractivity contribution in [1.29, 1.82) is 0 Å². The fraction of sp³-hybridized carbons (Fsp3) is 0.103. The third-order valence-electron chi connectivity index (χ3n) is 5.83. The largest absolute Gasteiger partial charge is 0.298 e. The van der Waals surface area contributed by atoms with Gasteiger partial charge in [0.2, 0.25) is 0 Å². The zero-order valence-corrected chi connectivity index (χ0v) is 17.7. The smallest absolute Gasteiger partial charge is 0.261 e. The van der Waals surface area contributed by atoms with Gasteiger partial charge in [0.15, 0.2) is 0 Å². The highest BCUT2D eigenvalue weighted by Gasteiger charge is 2.38. The number of carbonyl (C=O) groups excluding carboxylic acids is 2. The molecule has 4 heteroatoms. The predicted molar refractivity (Wildman–Crippen MR) is 129 cm³/mol. The third-order valence-corrected chi connectivity index (χ3v) is 5.83. The Morgan fingerprint density at radius 1 is 0.606 bits per heavy atom. The van der Waals surface area contributed by atoms with Gasteiger partial charge in [0.25, 0.3) is 11.8 Å². The summed E-state index contributed by atoms with van der Waals surface area (Å²) in [5.41, 5.74) is 0.720. The minimum absolute atomic E-state index is 0.0487. The van der Waals surface area contributed by atoms with E-state index in [2.05, 4.69) is 5.32 Å². The second-order valence-corrected chi connectivity index (χ2v) is 7.70. The molecule has 4 aromatic rings. The number of nitrogens with zero attached hydrogens (tertiary/aromatic N) is 1. The van der Waals surface area contributed by atoms with Crippen molar-refractivity contribution in [3.05, 3.63) is 143 Å².